The lowest BCUT2D eigenvalue weighted by Crippen LogP contribution is -2.36. The Hall–Kier alpha value is -4.16. The maximum Gasteiger partial charge on any atom is 0.410 e. The maximum absolute atomic E-state index is 12.8. The fourth-order valence-corrected chi connectivity index (χ4v) is 5.50. The number of rotatable bonds is 12. The molecule has 0 spiro atoms. The first kappa shape index (κ1) is 32.7. The van der Waals surface area contributed by atoms with E-state index >= 15 is 0 Å². The first-order valence-corrected chi connectivity index (χ1v) is 15.6. The molecule has 2 aliphatic rings. The molecule has 4 rings (SSSR count). The molecule has 1 N–H and O–H groups in total. The number of benzene rings is 2. The Kier molecular flexibility index (Phi) is 11.2. The summed E-state index contributed by atoms with van der Waals surface area (Å²) in [5, 5.41) is 11.0. The van der Waals surface area contributed by atoms with Crippen LogP contribution in [0.4, 0.5) is 4.79 Å². The number of hydrogen-bond acceptors (Lipinski definition) is 7. The third kappa shape index (κ3) is 8.26. The van der Waals surface area contributed by atoms with Crippen LogP contribution in [0.3, 0.4) is 0 Å². The number of hydrogen-bond donors (Lipinski definition) is 1. The molecule has 1 aliphatic heterocycles. The molecule has 236 valence electrons. The second-order valence-electron chi connectivity index (χ2n) is 12.1. The number of aromatic hydroxyl groups is 1. The average molecular weight is 604 g/mol. The summed E-state index contributed by atoms with van der Waals surface area (Å²) >= 11 is 0. The van der Waals surface area contributed by atoms with Gasteiger partial charge in [-0.2, -0.15) is 0 Å². The Balaban J connectivity index is 1.37. The summed E-state index contributed by atoms with van der Waals surface area (Å²) < 4.78 is 24.1. The summed E-state index contributed by atoms with van der Waals surface area (Å²) in [7, 11) is 0. The lowest BCUT2D eigenvalue weighted by Gasteiger charge is -2.29. The number of phenolic OH excluding ortho intramolecular Hbond substituents is 1. The fourth-order valence-electron chi connectivity index (χ4n) is 5.50. The number of nitrogens with zero attached hydrogens (tertiary/aromatic N) is 1. The summed E-state index contributed by atoms with van der Waals surface area (Å²) in [5.74, 6) is 4.15. The van der Waals surface area contributed by atoms with Gasteiger partial charge in [0.05, 0.1) is 24.8 Å². The highest BCUT2D eigenvalue weighted by Crippen LogP contribution is 2.41. The molecule has 1 fully saturated rings. The molecule has 0 bridgehead atoms. The second-order valence-corrected chi connectivity index (χ2v) is 12.1. The molecule has 2 aromatic carbocycles. The first-order valence-electron chi connectivity index (χ1n) is 15.6. The minimum atomic E-state index is -0.584. The maximum atomic E-state index is 12.8. The predicted molar refractivity (Wildman–Crippen MR) is 170 cm³/mol. The molecule has 0 saturated carbocycles. The number of likely N-dealkylation sites (tertiary alicyclic amines) is 1. The molecule has 8 nitrogen and oxygen atoms in total. The van der Waals surface area contributed by atoms with E-state index in [1.54, 1.807) is 23.1 Å². The zero-order valence-electron chi connectivity index (χ0n) is 26.6. The minimum Gasteiger partial charge on any atom is -0.507 e. The number of ether oxygens (including phenoxy) is 4. The lowest BCUT2D eigenvalue weighted by atomic mass is 9.99. The fraction of sp³-hybridized carbons (Fsp3) is 0.472. The van der Waals surface area contributed by atoms with Crippen molar-refractivity contribution >= 4 is 12.0 Å². The van der Waals surface area contributed by atoms with Crippen molar-refractivity contribution in [2.75, 3.05) is 19.8 Å². The number of carbonyl (C=O) groups is 1. The van der Waals surface area contributed by atoms with Gasteiger partial charge >= 0.3 is 6.09 Å². The molecule has 2 aromatic rings. The number of allylic oxidation sites excluding steroid dienone is 2. The highest BCUT2D eigenvalue weighted by Gasteiger charge is 2.35. The van der Waals surface area contributed by atoms with E-state index in [4.69, 9.17) is 18.9 Å². The smallest absolute Gasteiger partial charge is 0.410 e. The first-order chi connectivity index (χ1) is 21.1. The third-order valence-electron chi connectivity index (χ3n) is 7.58. The molecular weight excluding hydrogens is 558 g/mol. The van der Waals surface area contributed by atoms with Crippen molar-refractivity contribution in [3.05, 3.63) is 76.9 Å². The third-order valence-corrected chi connectivity index (χ3v) is 7.58. The van der Waals surface area contributed by atoms with Gasteiger partial charge in [0.1, 0.15) is 34.5 Å². The molecule has 8 heteroatoms. The van der Waals surface area contributed by atoms with E-state index in [9.17, 15) is 14.7 Å². The van der Waals surface area contributed by atoms with Gasteiger partial charge in [-0.25, -0.2) is 9.59 Å². The van der Waals surface area contributed by atoms with Crippen molar-refractivity contribution in [3.63, 3.8) is 0 Å². The van der Waals surface area contributed by atoms with E-state index in [2.05, 4.69) is 6.92 Å². The van der Waals surface area contributed by atoms with Crippen LogP contribution in [-0.2, 0) is 22.4 Å². The van der Waals surface area contributed by atoms with E-state index in [0.717, 1.165) is 54.5 Å². The average Bonchev–Trinajstić information content (AvgIpc) is 3.48. The Morgan fingerprint density at radius 1 is 1.07 bits per heavy atom. The van der Waals surface area contributed by atoms with Crippen molar-refractivity contribution in [3.8, 4) is 23.0 Å². The number of amides is 1. The number of carbonyl (C=O) groups excluding carboxylic acids is 2. The van der Waals surface area contributed by atoms with Crippen LogP contribution in [0.1, 0.15) is 83.0 Å². The molecule has 2 unspecified atom stereocenters. The van der Waals surface area contributed by atoms with Gasteiger partial charge in [0, 0.05) is 30.2 Å². The highest BCUT2D eigenvalue weighted by atomic mass is 16.6. The van der Waals surface area contributed by atoms with Crippen LogP contribution in [-0.4, -0.2) is 53.5 Å². The number of aryl methyl sites for hydroxylation is 1. The van der Waals surface area contributed by atoms with Crippen LogP contribution in [0, 0.1) is 0 Å². The van der Waals surface area contributed by atoms with Crippen LogP contribution in [0.25, 0.3) is 0 Å². The van der Waals surface area contributed by atoms with Gasteiger partial charge in [-0.1, -0.05) is 38.5 Å². The normalized spacial score (nSPS) is 17.8. The van der Waals surface area contributed by atoms with Crippen LogP contribution in [0.15, 0.2) is 60.2 Å². The van der Waals surface area contributed by atoms with Crippen molar-refractivity contribution in [1.29, 1.82) is 0 Å². The van der Waals surface area contributed by atoms with E-state index in [1.807, 2.05) is 70.1 Å². The van der Waals surface area contributed by atoms with Crippen molar-refractivity contribution < 1.29 is 33.6 Å². The molecule has 2 atom stereocenters. The van der Waals surface area contributed by atoms with E-state index < -0.39 is 11.7 Å². The van der Waals surface area contributed by atoms with E-state index in [1.165, 1.54) is 0 Å². The summed E-state index contributed by atoms with van der Waals surface area (Å²) in [6.45, 7) is 11.1. The summed E-state index contributed by atoms with van der Waals surface area (Å²) in [6, 6.07) is 9.11. The van der Waals surface area contributed by atoms with Gasteiger partial charge in [-0.05, 0) is 82.4 Å². The van der Waals surface area contributed by atoms with Crippen molar-refractivity contribution in [2.45, 2.75) is 90.9 Å². The van der Waals surface area contributed by atoms with Gasteiger partial charge in [-0.15, -0.1) is 0 Å². The summed E-state index contributed by atoms with van der Waals surface area (Å²) in [5.41, 5.74) is 2.53. The molecule has 1 saturated heterocycles. The highest BCUT2D eigenvalue weighted by molar-refractivity contribution is 5.69. The van der Waals surface area contributed by atoms with E-state index in [-0.39, 0.29) is 17.9 Å². The number of phenols is 1. The standard InChI is InChI=1S/C36H45NO7/c1-6-13-27-32(17-10-18-33(27)43-31-16-9-8-14-26(31)24-38)41-20-12-21-42-34-23-30(39)28(22-25(34)7-2)29-15-11-19-37(29)35(40)44-36(3,4)5/h8-10,14,16-18,22-23,29,31,39H,6-7,11-13,15,19-21H2,1-5H3. The Labute approximate surface area is 260 Å². The largest absolute Gasteiger partial charge is 0.507 e. The van der Waals surface area contributed by atoms with Crippen LogP contribution >= 0.6 is 0 Å². The monoisotopic (exact) mass is 603 g/mol. The molecule has 1 amide bonds. The van der Waals surface area contributed by atoms with Gasteiger partial charge < -0.3 is 29.0 Å². The Bertz CT molecular complexity index is 1410. The summed E-state index contributed by atoms with van der Waals surface area (Å²) in [6.07, 6.45) is 11.0. The molecule has 1 aliphatic carbocycles. The molecular formula is C36H45NO7. The lowest BCUT2D eigenvalue weighted by molar-refractivity contribution is 0.0223. The van der Waals surface area contributed by atoms with Gasteiger partial charge in [0.25, 0.3) is 0 Å². The molecule has 0 radical (unpaired) electrons. The zero-order chi connectivity index (χ0) is 31.7. The van der Waals surface area contributed by atoms with Crippen LogP contribution in [0.2, 0.25) is 0 Å². The molecule has 1 heterocycles. The van der Waals surface area contributed by atoms with Crippen molar-refractivity contribution in [2.24, 2.45) is 0 Å². The summed E-state index contributed by atoms with van der Waals surface area (Å²) in [4.78, 5) is 25.9. The van der Waals surface area contributed by atoms with Gasteiger partial charge in [0.2, 0.25) is 0 Å². The second kappa shape index (κ2) is 15.0. The Morgan fingerprint density at radius 2 is 1.82 bits per heavy atom. The van der Waals surface area contributed by atoms with E-state index in [0.29, 0.717) is 43.3 Å². The van der Waals surface area contributed by atoms with Gasteiger partial charge in [-0.3, -0.25) is 0 Å². The van der Waals surface area contributed by atoms with Gasteiger partial charge in [0.15, 0.2) is 6.10 Å². The minimum absolute atomic E-state index is 0.116. The topological polar surface area (TPSA) is 94.5 Å². The predicted octanol–water partition coefficient (Wildman–Crippen LogP) is 7.46. The molecule has 0 aromatic heterocycles. The zero-order valence-corrected chi connectivity index (χ0v) is 26.6. The van der Waals surface area contributed by atoms with Crippen LogP contribution < -0.4 is 14.2 Å². The Morgan fingerprint density at radius 3 is 2.52 bits per heavy atom. The van der Waals surface area contributed by atoms with Crippen LogP contribution in [0.5, 0.6) is 23.0 Å². The quantitative estimate of drug-likeness (QED) is 0.199. The SMILES string of the molecule is CCCc1c(OCCCOc2cc(O)c(C3CCCN3C(=O)OC(C)(C)C)cc2CC)cccc1OC1C=CC=CC1=C=O. The molecule has 44 heavy (non-hydrogen) atoms. The van der Waals surface area contributed by atoms with Crippen molar-refractivity contribution in [1.82, 2.24) is 4.90 Å².